The first kappa shape index (κ1) is 19.4. The summed E-state index contributed by atoms with van der Waals surface area (Å²) in [6.45, 7) is 5.29. The molecule has 0 spiro atoms. The minimum absolute atomic E-state index is 0.138. The quantitative estimate of drug-likeness (QED) is 0.596. The van der Waals surface area contributed by atoms with Gasteiger partial charge < -0.3 is 15.4 Å². The fourth-order valence-corrected chi connectivity index (χ4v) is 3.13. The van der Waals surface area contributed by atoms with Crippen molar-refractivity contribution in [2.24, 2.45) is 0 Å². The van der Waals surface area contributed by atoms with Crippen LogP contribution in [0.3, 0.4) is 0 Å². The van der Waals surface area contributed by atoms with Gasteiger partial charge in [-0.05, 0) is 49.2 Å². The number of anilines is 2. The van der Waals surface area contributed by atoms with Crippen molar-refractivity contribution in [3.8, 4) is 0 Å². The minimum atomic E-state index is -0.384. The first-order valence-corrected chi connectivity index (χ1v) is 8.85. The number of benzene rings is 1. The van der Waals surface area contributed by atoms with Crippen LogP contribution < -0.4 is 10.6 Å². The second-order valence-electron chi connectivity index (χ2n) is 5.47. The van der Waals surface area contributed by atoms with Crippen molar-refractivity contribution in [1.29, 1.82) is 0 Å². The van der Waals surface area contributed by atoms with Crippen LogP contribution in [-0.2, 0) is 14.3 Å². The molecule has 0 radical (unpaired) electrons. The summed E-state index contributed by atoms with van der Waals surface area (Å²) in [5.41, 5.74) is 2.28. The van der Waals surface area contributed by atoms with Crippen LogP contribution >= 0.6 is 11.3 Å². The molecule has 0 aliphatic rings. The molecule has 2 aromatic rings. The molecule has 0 saturated heterocycles. The lowest BCUT2D eigenvalue weighted by Gasteiger charge is -2.02. The number of ether oxygens (including phenoxy) is 1. The maximum Gasteiger partial charge on any atom is 0.348 e. The van der Waals surface area contributed by atoms with Crippen LogP contribution in [0.1, 0.15) is 34.6 Å². The van der Waals surface area contributed by atoms with Crippen molar-refractivity contribution in [2.45, 2.75) is 20.8 Å². The van der Waals surface area contributed by atoms with Crippen LogP contribution in [0.4, 0.5) is 10.7 Å². The molecule has 6 nitrogen and oxygen atoms in total. The molecule has 0 atom stereocenters. The highest BCUT2D eigenvalue weighted by molar-refractivity contribution is 7.18. The zero-order valence-electron chi connectivity index (χ0n) is 14.8. The third-order valence-electron chi connectivity index (χ3n) is 3.28. The van der Waals surface area contributed by atoms with Crippen molar-refractivity contribution < 1.29 is 19.1 Å². The summed E-state index contributed by atoms with van der Waals surface area (Å²) in [5, 5.41) is 6.00. The predicted octanol–water partition coefficient (Wildman–Crippen LogP) is 3.84. The van der Waals surface area contributed by atoms with Crippen molar-refractivity contribution in [3.05, 3.63) is 52.4 Å². The highest BCUT2D eigenvalue weighted by Gasteiger charge is 2.15. The Morgan fingerprint density at radius 1 is 1.15 bits per heavy atom. The number of thiophene rings is 1. The summed E-state index contributed by atoms with van der Waals surface area (Å²) >= 11 is 1.18. The Hall–Kier alpha value is -2.93. The number of carbonyl (C=O) groups excluding carboxylic acids is 3. The summed E-state index contributed by atoms with van der Waals surface area (Å²) < 4.78 is 4.98. The summed E-state index contributed by atoms with van der Waals surface area (Å²) in [6.07, 6.45) is 3.08. The van der Waals surface area contributed by atoms with E-state index >= 15 is 0 Å². The molecule has 0 aliphatic heterocycles. The van der Waals surface area contributed by atoms with Gasteiger partial charge in [0.15, 0.2) is 0 Å². The summed E-state index contributed by atoms with van der Waals surface area (Å²) in [6, 6.07) is 8.84. The first-order valence-electron chi connectivity index (χ1n) is 8.03. The molecule has 1 aromatic heterocycles. The number of amides is 2. The lowest BCUT2D eigenvalue weighted by atomic mass is 10.2. The first-order chi connectivity index (χ1) is 12.4. The van der Waals surface area contributed by atoms with Gasteiger partial charge in [-0.1, -0.05) is 12.1 Å². The number of rotatable bonds is 6. The topological polar surface area (TPSA) is 84.5 Å². The molecule has 0 fully saturated rings. The number of carbonyl (C=O) groups is 3. The molecule has 0 saturated carbocycles. The molecule has 136 valence electrons. The van der Waals surface area contributed by atoms with Crippen LogP contribution in [0.2, 0.25) is 0 Å². The van der Waals surface area contributed by atoms with Gasteiger partial charge in [0.25, 0.3) is 0 Å². The normalized spacial score (nSPS) is 10.6. The molecule has 0 unspecified atom stereocenters. The van der Waals surface area contributed by atoms with E-state index < -0.39 is 0 Å². The van der Waals surface area contributed by atoms with Gasteiger partial charge in [-0.2, -0.15) is 0 Å². The number of hydrogen-bond acceptors (Lipinski definition) is 5. The van der Waals surface area contributed by atoms with Crippen LogP contribution in [-0.4, -0.2) is 24.4 Å². The fraction of sp³-hybridized carbons (Fsp3) is 0.211. The third kappa shape index (κ3) is 5.56. The van der Waals surface area contributed by atoms with Gasteiger partial charge in [0.1, 0.15) is 4.88 Å². The number of nitrogens with one attached hydrogen (secondary N) is 2. The highest BCUT2D eigenvalue weighted by Crippen LogP contribution is 2.27. The Kier molecular flexibility index (Phi) is 6.68. The standard InChI is InChI=1S/C19H20N2O4S/c1-4-25-19(24)18-12(2)11-17(26-18)21-16(23)10-7-14-5-8-15(9-6-14)20-13(3)22/h5-11H,4H2,1-3H3,(H,20,22)(H,21,23)/b10-7+. The second kappa shape index (κ2) is 8.96. The van der Waals surface area contributed by atoms with E-state index in [1.165, 1.54) is 24.3 Å². The average molecular weight is 372 g/mol. The van der Waals surface area contributed by atoms with Gasteiger partial charge in [0.2, 0.25) is 11.8 Å². The van der Waals surface area contributed by atoms with Gasteiger partial charge in [-0.3, -0.25) is 9.59 Å². The van der Waals surface area contributed by atoms with E-state index in [4.69, 9.17) is 4.74 Å². The highest BCUT2D eigenvalue weighted by atomic mass is 32.1. The molecular formula is C19H20N2O4S. The molecular weight excluding hydrogens is 352 g/mol. The lowest BCUT2D eigenvalue weighted by Crippen LogP contribution is -2.06. The van der Waals surface area contributed by atoms with E-state index in [-0.39, 0.29) is 17.8 Å². The second-order valence-corrected chi connectivity index (χ2v) is 6.52. The Bertz CT molecular complexity index is 838. The molecule has 26 heavy (non-hydrogen) atoms. The minimum Gasteiger partial charge on any atom is -0.462 e. The van der Waals surface area contributed by atoms with Crippen molar-refractivity contribution >= 4 is 45.9 Å². The van der Waals surface area contributed by atoms with Crippen LogP contribution in [0.15, 0.2) is 36.4 Å². The number of esters is 1. The van der Waals surface area contributed by atoms with Gasteiger partial charge >= 0.3 is 5.97 Å². The smallest absolute Gasteiger partial charge is 0.348 e. The Balaban J connectivity index is 1.98. The zero-order chi connectivity index (χ0) is 19.1. The Morgan fingerprint density at radius 3 is 2.46 bits per heavy atom. The number of aryl methyl sites for hydroxylation is 1. The molecule has 0 aliphatic carbocycles. The van der Waals surface area contributed by atoms with Crippen molar-refractivity contribution in [1.82, 2.24) is 0 Å². The molecule has 2 rings (SSSR count). The summed E-state index contributed by atoms with van der Waals surface area (Å²) in [7, 11) is 0. The van der Waals surface area contributed by atoms with Gasteiger partial charge in [0.05, 0.1) is 11.6 Å². The van der Waals surface area contributed by atoms with E-state index in [1.807, 2.05) is 0 Å². The lowest BCUT2D eigenvalue weighted by molar-refractivity contribution is -0.114. The summed E-state index contributed by atoms with van der Waals surface area (Å²) in [5.74, 6) is -0.820. The SMILES string of the molecule is CCOC(=O)c1sc(NC(=O)/C=C/c2ccc(NC(C)=O)cc2)cc1C. The monoisotopic (exact) mass is 372 g/mol. The molecule has 7 heteroatoms. The van der Waals surface area contributed by atoms with Gasteiger partial charge in [0, 0.05) is 18.7 Å². The van der Waals surface area contributed by atoms with Crippen molar-refractivity contribution in [3.63, 3.8) is 0 Å². The van der Waals surface area contributed by atoms with Gasteiger partial charge in [-0.25, -0.2) is 4.79 Å². The molecule has 2 amide bonds. The third-order valence-corrected chi connectivity index (χ3v) is 4.42. The van der Waals surface area contributed by atoms with Crippen LogP contribution in [0.25, 0.3) is 6.08 Å². The maximum atomic E-state index is 12.0. The maximum absolute atomic E-state index is 12.0. The fourth-order valence-electron chi connectivity index (χ4n) is 2.16. The molecule has 1 aromatic carbocycles. The Morgan fingerprint density at radius 2 is 1.85 bits per heavy atom. The van der Waals surface area contributed by atoms with E-state index in [1.54, 1.807) is 50.3 Å². The average Bonchev–Trinajstić information content (AvgIpc) is 2.94. The van der Waals surface area contributed by atoms with Crippen LogP contribution in [0, 0.1) is 6.92 Å². The van der Waals surface area contributed by atoms with Crippen LogP contribution in [0.5, 0.6) is 0 Å². The predicted molar refractivity (Wildman–Crippen MR) is 103 cm³/mol. The van der Waals surface area contributed by atoms with Gasteiger partial charge in [-0.15, -0.1) is 11.3 Å². The number of hydrogen-bond donors (Lipinski definition) is 2. The van der Waals surface area contributed by atoms with E-state index in [0.29, 0.717) is 22.2 Å². The van der Waals surface area contributed by atoms with Crippen molar-refractivity contribution in [2.75, 3.05) is 17.2 Å². The zero-order valence-corrected chi connectivity index (χ0v) is 15.6. The molecule has 2 N–H and O–H groups in total. The van der Waals surface area contributed by atoms with E-state index in [9.17, 15) is 14.4 Å². The largest absolute Gasteiger partial charge is 0.462 e. The molecule has 0 bridgehead atoms. The van der Waals surface area contributed by atoms with E-state index in [0.717, 1.165) is 11.1 Å². The molecule has 1 heterocycles. The Labute approximate surface area is 155 Å². The summed E-state index contributed by atoms with van der Waals surface area (Å²) in [4.78, 5) is 35.3. The van der Waals surface area contributed by atoms with E-state index in [2.05, 4.69) is 10.6 Å².